The van der Waals surface area contributed by atoms with Gasteiger partial charge >= 0.3 is 0 Å². The number of nitrogens with zero attached hydrogens (tertiary/aromatic N) is 1. The normalized spacial score (nSPS) is 14.2. The number of ether oxygens (including phenoxy) is 1. The van der Waals surface area contributed by atoms with Crippen LogP contribution in [0.5, 0.6) is 5.75 Å². The average molecular weight is 396 g/mol. The number of likely N-dealkylation sites (tertiary alicyclic amines) is 1. The van der Waals surface area contributed by atoms with E-state index in [0.717, 1.165) is 37.2 Å². The summed E-state index contributed by atoms with van der Waals surface area (Å²) in [5.41, 5.74) is 2.33. The number of nitrogens with one attached hydrogen (secondary N) is 2. The number of methoxy groups -OCH3 is 1. The van der Waals surface area contributed by atoms with E-state index in [1.807, 2.05) is 41.3 Å². The van der Waals surface area contributed by atoms with Crippen molar-refractivity contribution >= 4 is 17.5 Å². The van der Waals surface area contributed by atoms with Crippen LogP contribution in [-0.2, 0) is 11.3 Å². The van der Waals surface area contributed by atoms with Gasteiger partial charge in [0.1, 0.15) is 5.75 Å². The monoisotopic (exact) mass is 395 g/mol. The molecule has 1 aliphatic heterocycles. The summed E-state index contributed by atoms with van der Waals surface area (Å²) < 4.78 is 5.14. The van der Waals surface area contributed by atoms with E-state index in [4.69, 9.17) is 4.74 Å². The summed E-state index contributed by atoms with van der Waals surface area (Å²) in [4.78, 5) is 26.9. The number of hydrogen-bond acceptors (Lipinski definition) is 4. The molecule has 0 unspecified atom stereocenters. The fraction of sp³-hybridized carbons (Fsp3) is 0.391. The van der Waals surface area contributed by atoms with Crippen molar-refractivity contribution in [2.45, 2.75) is 32.2 Å². The second-order valence-corrected chi connectivity index (χ2v) is 7.29. The van der Waals surface area contributed by atoms with Crippen LogP contribution in [0.2, 0.25) is 0 Å². The van der Waals surface area contributed by atoms with Crippen LogP contribution in [0.25, 0.3) is 0 Å². The predicted octanol–water partition coefficient (Wildman–Crippen LogP) is 3.44. The Bertz CT molecular complexity index is 812. The van der Waals surface area contributed by atoms with Gasteiger partial charge < -0.3 is 20.3 Å². The number of rotatable bonds is 7. The van der Waals surface area contributed by atoms with E-state index < -0.39 is 0 Å². The van der Waals surface area contributed by atoms with Crippen LogP contribution in [0, 0.1) is 0 Å². The van der Waals surface area contributed by atoms with Gasteiger partial charge in [0.15, 0.2) is 0 Å². The second kappa shape index (κ2) is 10.6. The number of anilines is 1. The Labute approximate surface area is 172 Å². The van der Waals surface area contributed by atoms with Crippen LogP contribution in [0.15, 0.2) is 48.5 Å². The molecule has 0 atom stereocenters. The molecule has 1 heterocycles. The zero-order chi connectivity index (χ0) is 20.5. The van der Waals surface area contributed by atoms with Crippen molar-refractivity contribution in [3.63, 3.8) is 0 Å². The maximum absolute atomic E-state index is 12.8. The Morgan fingerprint density at radius 1 is 1.00 bits per heavy atom. The molecule has 2 N–H and O–H groups in total. The first-order valence-corrected chi connectivity index (χ1v) is 10.2. The molecular formula is C23H29N3O3. The van der Waals surface area contributed by atoms with Gasteiger partial charge in [-0.1, -0.05) is 31.0 Å². The Kier molecular flexibility index (Phi) is 7.64. The predicted molar refractivity (Wildman–Crippen MR) is 114 cm³/mol. The van der Waals surface area contributed by atoms with E-state index in [-0.39, 0.29) is 18.4 Å². The smallest absolute Gasteiger partial charge is 0.253 e. The highest BCUT2D eigenvalue weighted by molar-refractivity contribution is 5.97. The van der Waals surface area contributed by atoms with Gasteiger partial charge in [-0.05, 0) is 48.7 Å². The third kappa shape index (κ3) is 6.32. The molecule has 0 aromatic heterocycles. The van der Waals surface area contributed by atoms with Crippen molar-refractivity contribution in [1.82, 2.24) is 10.2 Å². The number of carbonyl (C=O) groups is 2. The minimum Gasteiger partial charge on any atom is -0.497 e. The molecule has 29 heavy (non-hydrogen) atoms. The Hall–Kier alpha value is -2.86. The first-order valence-electron chi connectivity index (χ1n) is 10.2. The minimum atomic E-state index is -0.141. The first kappa shape index (κ1) is 20.9. The maximum Gasteiger partial charge on any atom is 0.253 e. The van der Waals surface area contributed by atoms with Crippen molar-refractivity contribution in [3.05, 3.63) is 59.7 Å². The largest absolute Gasteiger partial charge is 0.497 e. The Morgan fingerprint density at radius 2 is 1.72 bits per heavy atom. The highest BCUT2D eigenvalue weighted by Gasteiger charge is 2.17. The van der Waals surface area contributed by atoms with Crippen molar-refractivity contribution in [3.8, 4) is 5.75 Å². The lowest BCUT2D eigenvalue weighted by atomic mass is 10.1. The van der Waals surface area contributed by atoms with Crippen LogP contribution < -0.4 is 15.4 Å². The molecule has 3 rings (SSSR count). The molecule has 2 aromatic rings. The topological polar surface area (TPSA) is 70.7 Å². The highest BCUT2D eigenvalue weighted by atomic mass is 16.5. The van der Waals surface area contributed by atoms with E-state index in [9.17, 15) is 9.59 Å². The summed E-state index contributed by atoms with van der Waals surface area (Å²) in [7, 11) is 1.63. The average Bonchev–Trinajstić information content (AvgIpc) is 3.03. The number of amides is 2. The molecule has 1 fully saturated rings. The van der Waals surface area contributed by atoms with Crippen molar-refractivity contribution in [1.29, 1.82) is 0 Å². The standard InChI is InChI=1S/C23H29N3O3/c1-29-21-11-9-18(10-12-21)16-24-17-22(27)25-20-8-6-7-19(15-20)23(28)26-13-4-2-3-5-14-26/h6-12,15,24H,2-5,13-14,16-17H2,1H3,(H,25,27). The summed E-state index contributed by atoms with van der Waals surface area (Å²) in [6.45, 7) is 2.40. The van der Waals surface area contributed by atoms with Gasteiger partial charge in [0.25, 0.3) is 5.91 Å². The van der Waals surface area contributed by atoms with Gasteiger partial charge in [0.05, 0.1) is 13.7 Å². The van der Waals surface area contributed by atoms with Crippen molar-refractivity contribution in [2.24, 2.45) is 0 Å². The fourth-order valence-electron chi connectivity index (χ4n) is 3.46. The molecular weight excluding hydrogens is 366 g/mol. The van der Waals surface area contributed by atoms with Crippen LogP contribution >= 0.6 is 0 Å². The molecule has 2 aromatic carbocycles. The molecule has 0 spiro atoms. The summed E-state index contributed by atoms with van der Waals surface area (Å²) in [6.07, 6.45) is 4.48. The van der Waals surface area contributed by atoms with Gasteiger partial charge in [0, 0.05) is 30.9 Å². The summed E-state index contributed by atoms with van der Waals surface area (Å²) in [5, 5.41) is 5.99. The summed E-state index contributed by atoms with van der Waals surface area (Å²) in [5.74, 6) is 0.708. The van der Waals surface area contributed by atoms with E-state index in [1.54, 1.807) is 19.2 Å². The molecule has 0 bridgehead atoms. The van der Waals surface area contributed by atoms with Crippen molar-refractivity contribution < 1.29 is 14.3 Å². The Morgan fingerprint density at radius 3 is 2.41 bits per heavy atom. The van der Waals surface area contributed by atoms with E-state index in [2.05, 4.69) is 10.6 Å². The van der Waals surface area contributed by atoms with Gasteiger partial charge in [-0.3, -0.25) is 9.59 Å². The molecule has 1 saturated heterocycles. The van der Waals surface area contributed by atoms with E-state index in [0.29, 0.717) is 17.8 Å². The quantitative estimate of drug-likeness (QED) is 0.753. The fourth-order valence-corrected chi connectivity index (χ4v) is 3.46. The van der Waals surface area contributed by atoms with Gasteiger partial charge in [0.2, 0.25) is 5.91 Å². The lowest BCUT2D eigenvalue weighted by molar-refractivity contribution is -0.115. The van der Waals surface area contributed by atoms with Crippen LogP contribution in [0.4, 0.5) is 5.69 Å². The second-order valence-electron chi connectivity index (χ2n) is 7.29. The zero-order valence-electron chi connectivity index (χ0n) is 16.9. The van der Waals surface area contributed by atoms with Crippen LogP contribution in [0.1, 0.15) is 41.6 Å². The zero-order valence-corrected chi connectivity index (χ0v) is 16.9. The molecule has 6 heteroatoms. The maximum atomic E-state index is 12.8. The molecule has 2 amide bonds. The molecule has 1 aliphatic rings. The van der Waals surface area contributed by atoms with Crippen LogP contribution in [0.3, 0.4) is 0 Å². The van der Waals surface area contributed by atoms with E-state index >= 15 is 0 Å². The third-order valence-electron chi connectivity index (χ3n) is 5.06. The molecule has 0 aliphatic carbocycles. The van der Waals surface area contributed by atoms with Crippen LogP contribution in [-0.4, -0.2) is 43.5 Å². The Balaban J connectivity index is 1.49. The third-order valence-corrected chi connectivity index (χ3v) is 5.06. The number of benzene rings is 2. The lowest BCUT2D eigenvalue weighted by Crippen LogP contribution is -2.32. The minimum absolute atomic E-state index is 0.0422. The van der Waals surface area contributed by atoms with Crippen molar-refractivity contribution in [2.75, 3.05) is 32.1 Å². The molecule has 0 radical (unpaired) electrons. The lowest BCUT2D eigenvalue weighted by Gasteiger charge is -2.20. The van der Waals surface area contributed by atoms with Gasteiger partial charge in [-0.15, -0.1) is 0 Å². The molecule has 6 nitrogen and oxygen atoms in total. The summed E-state index contributed by atoms with van der Waals surface area (Å²) in [6, 6.07) is 14.9. The van der Waals surface area contributed by atoms with Gasteiger partial charge in [-0.25, -0.2) is 0 Å². The SMILES string of the molecule is COc1ccc(CNCC(=O)Nc2cccc(C(=O)N3CCCCCC3)c2)cc1. The highest BCUT2D eigenvalue weighted by Crippen LogP contribution is 2.16. The first-order chi connectivity index (χ1) is 14.2. The molecule has 0 saturated carbocycles. The van der Waals surface area contributed by atoms with Gasteiger partial charge in [-0.2, -0.15) is 0 Å². The molecule has 154 valence electrons. The number of hydrogen-bond donors (Lipinski definition) is 2. The summed E-state index contributed by atoms with van der Waals surface area (Å²) >= 11 is 0. The number of carbonyl (C=O) groups excluding carboxylic acids is 2. The van der Waals surface area contributed by atoms with E-state index in [1.165, 1.54) is 12.8 Å².